The van der Waals surface area contributed by atoms with Crippen molar-refractivity contribution in [3.8, 4) is 0 Å². The number of alkyl halides is 1. The molecule has 0 radical (unpaired) electrons. The number of carbonyl (C=O) groups is 2. The summed E-state index contributed by atoms with van der Waals surface area (Å²) < 4.78 is 17.7. The summed E-state index contributed by atoms with van der Waals surface area (Å²) in [5.74, 6) is 0.360. The zero-order valence-corrected chi connectivity index (χ0v) is 15.4. The van der Waals surface area contributed by atoms with Crippen molar-refractivity contribution in [2.75, 3.05) is 6.67 Å². The van der Waals surface area contributed by atoms with E-state index in [4.69, 9.17) is 4.74 Å². The Hall–Kier alpha value is -1.13. The number of ketones is 1. The molecule has 24 heavy (non-hydrogen) atoms. The summed E-state index contributed by atoms with van der Waals surface area (Å²) in [5.41, 5.74) is -0.492. The van der Waals surface area contributed by atoms with Crippen molar-refractivity contribution in [3.63, 3.8) is 0 Å². The van der Waals surface area contributed by atoms with Crippen molar-refractivity contribution in [1.29, 1.82) is 0 Å². The molecule has 2 heterocycles. The molecule has 4 nitrogen and oxygen atoms in total. The van der Waals surface area contributed by atoms with Crippen LogP contribution in [0.1, 0.15) is 78.6 Å². The number of amides is 1. The number of hydrogen-bond acceptors (Lipinski definition) is 3. The van der Waals surface area contributed by atoms with Crippen LogP contribution in [0.5, 0.6) is 0 Å². The molecule has 2 atom stereocenters. The van der Waals surface area contributed by atoms with Crippen molar-refractivity contribution in [2.45, 2.75) is 96.2 Å². The van der Waals surface area contributed by atoms with E-state index in [0.717, 1.165) is 44.9 Å². The Morgan fingerprint density at radius 3 is 2.25 bits per heavy atom. The van der Waals surface area contributed by atoms with E-state index >= 15 is 0 Å². The average Bonchev–Trinajstić information content (AvgIpc) is 2.48. The second kappa shape index (κ2) is 8.30. The predicted octanol–water partition coefficient (Wildman–Crippen LogP) is 4.65. The van der Waals surface area contributed by atoms with Crippen LogP contribution in [-0.2, 0) is 9.53 Å². The minimum atomic E-state index is -0.492. The SMILES string of the molecule is CC(C)(C)OC(=O)N1C2CCCC1CC(C(=O)CCCCCF)C2. The Kier molecular flexibility index (Phi) is 6.64. The van der Waals surface area contributed by atoms with Crippen LogP contribution in [0.2, 0.25) is 0 Å². The van der Waals surface area contributed by atoms with Crippen molar-refractivity contribution in [2.24, 2.45) is 5.92 Å². The van der Waals surface area contributed by atoms with E-state index in [1.54, 1.807) is 0 Å². The topological polar surface area (TPSA) is 46.6 Å². The van der Waals surface area contributed by atoms with Crippen molar-refractivity contribution in [1.82, 2.24) is 4.90 Å². The van der Waals surface area contributed by atoms with E-state index in [1.165, 1.54) is 0 Å². The lowest BCUT2D eigenvalue weighted by atomic mass is 9.76. The molecule has 0 saturated carbocycles. The Balaban J connectivity index is 1.92. The van der Waals surface area contributed by atoms with Gasteiger partial charge in [-0.2, -0.15) is 0 Å². The van der Waals surface area contributed by atoms with Gasteiger partial charge in [-0.3, -0.25) is 9.18 Å². The van der Waals surface area contributed by atoms with Crippen molar-refractivity contribution < 1.29 is 18.7 Å². The third kappa shape index (κ3) is 5.18. The minimum absolute atomic E-state index is 0.0596. The highest BCUT2D eigenvalue weighted by Gasteiger charge is 2.43. The summed E-state index contributed by atoms with van der Waals surface area (Å²) in [6.07, 6.45) is 7.00. The van der Waals surface area contributed by atoms with Gasteiger partial charge in [-0.25, -0.2) is 4.79 Å². The lowest BCUT2D eigenvalue weighted by Gasteiger charge is -2.48. The molecule has 0 aromatic carbocycles. The van der Waals surface area contributed by atoms with E-state index in [2.05, 4.69) is 0 Å². The maximum Gasteiger partial charge on any atom is 0.410 e. The van der Waals surface area contributed by atoms with Gasteiger partial charge < -0.3 is 9.64 Å². The van der Waals surface area contributed by atoms with Gasteiger partial charge in [0.25, 0.3) is 0 Å². The molecule has 2 aliphatic rings. The molecule has 138 valence electrons. The zero-order chi connectivity index (χ0) is 17.7. The van der Waals surface area contributed by atoms with Crippen molar-refractivity contribution in [3.05, 3.63) is 0 Å². The van der Waals surface area contributed by atoms with Crippen LogP contribution in [0.4, 0.5) is 9.18 Å². The maximum absolute atomic E-state index is 12.5. The summed E-state index contributed by atoms with van der Waals surface area (Å²) in [6, 6.07) is 0.263. The van der Waals surface area contributed by atoms with Gasteiger partial charge >= 0.3 is 6.09 Å². The van der Waals surface area contributed by atoms with Gasteiger partial charge in [-0.1, -0.05) is 6.42 Å². The number of rotatable bonds is 6. The molecular weight excluding hydrogens is 309 g/mol. The third-order valence-corrected chi connectivity index (χ3v) is 5.09. The van der Waals surface area contributed by atoms with Gasteiger partial charge in [0.2, 0.25) is 0 Å². The monoisotopic (exact) mass is 341 g/mol. The van der Waals surface area contributed by atoms with Gasteiger partial charge in [0.05, 0.1) is 6.67 Å². The number of hydrogen-bond donors (Lipinski definition) is 0. The Bertz CT molecular complexity index is 432. The molecular formula is C19H32FNO3. The standard InChI is InChI=1S/C19H32FNO3/c1-19(2,3)24-18(23)21-15-8-7-9-16(21)13-14(12-15)17(22)10-5-4-6-11-20/h14-16H,4-13H2,1-3H3. The molecule has 2 bridgehead atoms. The third-order valence-electron chi connectivity index (χ3n) is 5.09. The molecule has 2 unspecified atom stereocenters. The molecule has 0 aliphatic carbocycles. The largest absolute Gasteiger partial charge is 0.444 e. The highest BCUT2D eigenvalue weighted by atomic mass is 19.1. The summed E-state index contributed by atoms with van der Waals surface area (Å²) in [4.78, 5) is 26.9. The molecule has 0 spiro atoms. The Labute approximate surface area is 145 Å². The van der Waals surface area contributed by atoms with E-state index < -0.39 is 5.60 Å². The van der Waals surface area contributed by atoms with Crippen LogP contribution in [-0.4, -0.2) is 41.1 Å². The predicted molar refractivity (Wildman–Crippen MR) is 91.7 cm³/mol. The van der Waals surface area contributed by atoms with Crippen LogP contribution in [0.25, 0.3) is 0 Å². The molecule has 5 heteroatoms. The fraction of sp³-hybridized carbons (Fsp3) is 0.895. The fourth-order valence-electron chi connectivity index (χ4n) is 4.03. The minimum Gasteiger partial charge on any atom is -0.444 e. The Morgan fingerprint density at radius 2 is 1.71 bits per heavy atom. The van der Waals surface area contributed by atoms with E-state index in [1.807, 2.05) is 25.7 Å². The summed E-state index contributed by atoms with van der Waals surface area (Å²) in [6.45, 7) is 5.35. The number of halogens is 1. The number of fused-ring (bicyclic) bond motifs is 2. The first-order chi connectivity index (χ1) is 11.3. The maximum atomic E-state index is 12.5. The fourth-order valence-corrected chi connectivity index (χ4v) is 4.03. The lowest BCUT2D eigenvalue weighted by molar-refractivity contribution is -0.127. The molecule has 2 aliphatic heterocycles. The normalized spacial score (nSPS) is 27.0. The second-order valence-corrected chi connectivity index (χ2v) is 8.26. The zero-order valence-electron chi connectivity index (χ0n) is 15.4. The first-order valence-corrected chi connectivity index (χ1v) is 9.42. The van der Waals surface area contributed by atoms with Crippen LogP contribution < -0.4 is 0 Å². The summed E-state index contributed by atoms with van der Waals surface area (Å²) in [7, 11) is 0. The second-order valence-electron chi connectivity index (χ2n) is 8.26. The number of unbranched alkanes of at least 4 members (excludes halogenated alkanes) is 2. The van der Waals surface area contributed by atoms with Gasteiger partial charge in [-0.15, -0.1) is 0 Å². The lowest BCUT2D eigenvalue weighted by Crippen LogP contribution is -2.56. The molecule has 1 amide bonds. The van der Waals surface area contributed by atoms with Crippen LogP contribution >= 0.6 is 0 Å². The quantitative estimate of drug-likeness (QED) is 0.660. The highest BCUT2D eigenvalue weighted by molar-refractivity contribution is 5.81. The Morgan fingerprint density at radius 1 is 1.08 bits per heavy atom. The van der Waals surface area contributed by atoms with Gasteiger partial charge in [0.1, 0.15) is 11.4 Å². The first kappa shape index (κ1) is 19.2. The molecule has 2 fully saturated rings. The molecule has 0 aromatic rings. The molecule has 0 aromatic heterocycles. The van der Waals surface area contributed by atoms with Crippen LogP contribution in [0.15, 0.2) is 0 Å². The van der Waals surface area contributed by atoms with Gasteiger partial charge in [0.15, 0.2) is 0 Å². The van der Waals surface area contributed by atoms with E-state index in [9.17, 15) is 14.0 Å². The average molecular weight is 341 g/mol. The van der Waals surface area contributed by atoms with Gasteiger partial charge in [0, 0.05) is 24.4 Å². The number of carbonyl (C=O) groups excluding carboxylic acids is 2. The summed E-state index contributed by atoms with van der Waals surface area (Å²) in [5, 5.41) is 0. The highest BCUT2D eigenvalue weighted by Crippen LogP contribution is 2.38. The number of nitrogens with zero attached hydrogens (tertiary/aromatic N) is 1. The first-order valence-electron chi connectivity index (χ1n) is 9.42. The molecule has 2 rings (SSSR count). The number of ether oxygens (including phenoxy) is 1. The number of Topliss-reactive ketones (excluding diaryl/α,β-unsaturated/α-hetero) is 1. The molecule has 2 saturated heterocycles. The smallest absolute Gasteiger partial charge is 0.410 e. The summed E-state index contributed by atoms with van der Waals surface area (Å²) >= 11 is 0. The van der Waals surface area contributed by atoms with E-state index in [0.29, 0.717) is 18.6 Å². The van der Waals surface area contributed by atoms with Gasteiger partial charge in [-0.05, 0) is 65.7 Å². The number of piperidine rings is 2. The van der Waals surface area contributed by atoms with Crippen LogP contribution in [0, 0.1) is 5.92 Å². The van der Waals surface area contributed by atoms with E-state index in [-0.39, 0.29) is 30.8 Å². The molecule has 0 N–H and O–H groups in total. The van der Waals surface area contributed by atoms with Crippen LogP contribution in [0.3, 0.4) is 0 Å². The van der Waals surface area contributed by atoms with Crippen molar-refractivity contribution >= 4 is 11.9 Å².